The molecule has 0 aromatic heterocycles. The van der Waals surface area contributed by atoms with Crippen LogP contribution in [0.1, 0.15) is 12.5 Å². The van der Waals surface area contributed by atoms with Gasteiger partial charge in [-0.25, -0.2) is 8.42 Å². The van der Waals surface area contributed by atoms with E-state index >= 15 is 0 Å². The zero-order valence-corrected chi connectivity index (χ0v) is 20.4. The van der Waals surface area contributed by atoms with Gasteiger partial charge in [-0.1, -0.05) is 18.2 Å². The molecule has 0 radical (unpaired) electrons. The van der Waals surface area contributed by atoms with Gasteiger partial charge in [0.1, 0.15) is 0 Å². The Balaban J connectivity index is 1.64. The van der Waals surface area contributed by atoms with Crippen molar-refractivity contribution in [3.8, 4) is 11.5 Å². The zero-order valence-electron chi connectivity index (χ0n) is 18.8. The summed E-state index contributed by atoms with van der Waals surface area (Å²) < 4.78 is 38.5. The molecule has 0 spiro atoms. The molecule has 9 heteroatoms. The van der Waals surface area contributed by atoms with E-state index < -0.39 is 15.3 Å². The number of sulfonamides is 1. The van der Waals surface area contributed by atoms with E-state index in [2.05, 4.69) is 10.0 Å². The maximum absolute atomic E-state index is 12.7. The summed E-state index contributed by atoms with van der Waals surface area (Å²) in [5, 5.41) is 2.43. The van der Waals surface area contributed by atoms with Crippen molar-refractivity contribution >= 4 is 39.1 Å². The summed E-state index contributed by atoms with van der Waals surface area (Å²) in [5.74, 6) is 1.00. The molecule has 0 aliphatic carbocycles. The molecule has 2 N–H and O–H groups in total. The quantitative estimate of drug-likeness (QED) is 0.417. The summed E-state index contributed by atoms with van der Waals surface area (Å²) in [6.45, 7) is 3.62. The topological polar surface area (TPSA) is 93.7 Å². The van der Waals surface area contributed by atoms with E-state index in [1.54, 1.807) is 51.5 Å². The molecular weight excluding hydrogens is 460 g/mol. The van der Waals surface area contributed by atoms with Gasteiger partial charge in [0.05, 0.1) is 30.1 Å². The highest BCUT2D eigenvalue weighted by molar-refractivity contribution is 8.00. The molecule has 3 aromatic rings. The predicted molar refractivity (Wildman–Crippen MR) is 132 cm³/mol. The normalized spacial score (nSPS) is 12.0. The van der Waals surface area contributed by atoms with Gasteiger partial charge in [-0.2, -0.15) is 0 Å². The Labute approximate surface area is 198 Å². The Morgan fingerprint density at radius 3 is 2.24 bits per heavy atom. The van der Waals surface area contributed by atoms with Crippen molar-refractivity contribution in [3.63, 3.8) is 0 Å². The van der Waals surface area contributed by atoms with Crippen LogP contribution >= 0.6 is 11.8 Å². The standard InChI is InChI=1S/C24H26N2O5S2/c1-16-7-5-6-8-21(16)26-33(28,29)20-12-9-18(10-13-20)25-24(27)17(2)32-19-11-14-22(30-3)23(15-19)31-4/h5-15,17,26H,1-4H3,(H,25,27). The van der Waals surface area contributed by atoms with E-state index in [4.69, 9.17) is 9.47 Å². The van der Waals surface area contributed by atoms with Gasteiger partial charge < -0.3 is 14.8 Å². The lowest BCUT2D eigenvalue weighted by Crippen LogP contribution is -2.22. The summed E-state index contributed by atoms with van der Waals surface area (Å²) >= 11 is 1.38. The van der Waals surface area contributed by atoms with Crippen molar-refractivity contribution in [1.82, 2.24) is 0 Å². The number of anilines is 2. The van der Waals surface area contributed by atoms with Crippen molar-refractivity contribution in [2.75, 3.05) is 24.3 Å². The molecule has 0 saturated carbocycles. The zero-order chi connectivity index (χ0) is 24.0. The van der Waals surface area contributed by atoms with Crippen LogP contribution in [0.15, 0.2) is 76.5 Å². The van der Waals surface area contributed by atoms with Crippen LogP contribution in [0.2, 0.25) is 0 Å². The second-order valence-corrected chi connectivity index (χ2v) is 10.3. The molecule has 0 aliphatic rings. The second-order valence-electron chi connectivity index (χ2n) is 7.21. The van der Waals surface area contributed by atoms with Crippen LogP contribution in [-0.2, 0) is 14.8 Å². The average Bonchev–Trinajstić information content (AvgIpc) is 2.80. The summed E-state index contributed by atoms with van der Waals surface area (Å²) in [7, 11) is -0.616. The molecule has 7 nitrogen and oxygen atoms in total. The van der Waals surface area contributed by atoms with E-state index in [0.29, 0.717) is 22.9 Å². The molecule has 1 atom stereocenters. The van der Waals surface area contributed by atoms with Crippen LogP contribution < -0.4 is 19.5 Å². The number of ether oxygens (including phenoxy) is 2. The van der Waals surface area contributed by atoms with Gasteiger partial charge in [0.2, 0.25) is 5.91 Å². The third-order valence-electron chi connectivity index (χ3n) is 4.86. The first kappa shape index (κ1) is 24.5. The Hall–Kier alpha value is -3.17. The number of methoxy groups -OCH3 is 2. The van der Waals surface area contributed by atoms with Gasteiger partial charge in [0.15, 0.2) is 11.5 Å². The Bertz CT molecular complexity index is 1230. The molecule has 0 bridgehead atoms. The lowest BCUT2D eigenvalue weighted by atomic mass is 10.2. The number of nitrogens with one attached hydrogen (secondary N) is 2. The maximum Gasteiger partial charge on any atom is 0.261 e. The fourth-order valence-electron chi connectivity index (χ4n) is 3.00. The number of carbonyl (C=O) groups excluding carboxylic acids is 1. The first-order chi connectivity index (χ1) is 15.7. The highest BCUT2D eigenvalue weighted by Gasteiger charge is 2.18. The number of carbonyl (C=O) groups is 1. The molecule has 0 heterocycles. The van der Waals surface area contributed by atoms with Crippen LogP contribution in [-0.4, -0.2) is 33.8 Å². The van der Waals surface area contributed by atoms with Crippen LogP contribution in [0.5, 0.6) is 11.5 Å². The SMILES string of the molecule is COc1ccc(SC(C)C(=O)Nc2ccc(S(=O)(=O)Nc3ccccc3C)cc2)cc1OC. The monoisotopic (exact) mass is 486 g/mol. The molecule has 0 aliphatic heterocycles. The molecule has 33 heavy (non-hydrogen) atoms. The smallest absolute Gasteiger partial charge is 0.261 e. The number of amides is 1. The molecule has 1 amide bonds. The first-order valence-corrected chi connectivity index (χ1v) is 12.5. The number of hydrogen-bond donors (Lipinski definition) is 2. The summed E-state index contributed by atoms with van der Waals surface area (Å²) in [4.78, 5) is 13.6. The Morgan fingerprint density at radius 2 is 1.61 bits per heavy atom. The summed E-state index contributed by atoms with van der Waals surface area (Å²) in [6.07, 6.45) is 0. The van der Waals surface area contributed by atoms with E-state index in [-0.39, 0.29) is 10.8 Å². The minimum absolute atomic E-state index is 0.108. The predicted octanol–water partition coefficient (Wildman–Crippen LogP) is 4.93. The first-order valence-electron chi connectivity index (χ1n) is 10.1. The van der Waals surface area contributed by atoms with E-state index in [1.807, 2.05) is 31.2 Å². The summed E-state index contributed by atoms with van der Waals surface area (Å²) in [6, 6.07) is 18.7. The van der Waals surface area contributed by atoms with E-state index in [0.717, 1.165) is 10.5 Å². The Morgan fingerprint density at radius 1 is 0.939 bits per heavy atom. The fourth-order valence-corrected chi connectivity index (χ4v) is 5.03. The molecule has 174 valence electrons. The van der Waals surface area contributed by atoms with Crippen molar-refractivity contribution in [2.45, 2.75) is 28.9 Å². The number of rotatable bonds is 9. The molecular formula is C24H26N2O5S2. The van der Waals surface area contributed by atoms with E-state index in [1.165, 1.54) is 23.9 Å². The minimum Gasteiger partial charge on any atom is -0.493 e. The molecule has 3 aromatic carbocycles. The highest BCUT2D eigenvalue weighted by atomic mass is 32.2. The Kier molecular flexibility index (Phi) is 7.88. The van der Waals surface area contributed by atoms with Crippen molar-refractivity contribution in [3.05, 3.63) is 72.3 Å². The van der Waals surface area contributed by atoms with Crippen LogP contribution in [0.25, 0.3) is 0 Å². The van der Waals surface area contributed by atoms with Gasteiger partial charge in [0.25, 0.3) is 10.0 Å². The van der Waals surface area contributed by atoms with Gasteiger partial charge in [-0.05, 0) is 67.9 Å². The second kappa shape index (κ2) is 10.6. The average molecular weight is 487 g/mol. The molecule has 1 unspecified atom stereocenters. The van der Waals surface area contributed by atoms with Crippen molar-refractivity contribution < 1.29 is 22.7 Å². The number of aryl methyl sites for hydroxylation is 1. The number of para-hydroxylation sites is 1. The van der Waals surface area contributed by atoms with Gasteiger partial charge in [-0.15, -0.1) is 11.8 Å². The molecule has 0 saturated heterocycles. The molecule has 3 rings (SSSR count). The largest absolute Gasteiger partial charge is 0.493 e. The van der Waals surface area contributed by atoms with Crippen molar-refractivity contribution in [1.29, 1.82) is 0 Å². The van der Waals surface area contributed by atoms with Crippen LogP contribution in [0, 0.1) is 6.92 Å². The number of thioether (sulfide) groups is 1. The van der Waals surface area contributed by atoms with Gasteiger partial charge in [0, 0.05) is 10.6 Å². The molecule has 0 fully saturated rings. The highest BCUT2D eigenvalue weighted by Crippen LogP contribution is 2.33. The fraction of sp³-hybridized carbons (Fsp3) is 0.208. The van der Waals surface area contributed by atoms with Crippen LogP contribution in [0.3, 0.4) is 0 Å². The lowest BCUT2D eigenvalue weighted by Gasteiger charge is -2.14. The summed E-state index contributed by atoms with van der Waals surface area (Å²) in [5.41, 5.74) is 1.86. The van der Waals surface area contributed by atoms with Crippen molar-refractivity contribution in [2.24, 2.45) is 0 Å². The lowest BCUT2D eigenvalue weighted by molar-refractivity contribution is -0.115. The number of benzene rings is 3. The third kappa shape index (κ3) is 6.21. The minimum atomic E-state index is -3.74. The van der Waals surface area contributed by atoms with Gasteiger partial charge >= 0.3 is 0 Å². The number of hydrogen-bond acceptors (Lipinski definition) is 6. The van der Waals surface area contributed by atoms with Gasteiger partial charge in [-0.3, -0.25) is 9.52 Å². The van der Waals surface area contributed by atoms with Crippen LogP contribution in [0.4, 0.5) is 11.4 Å². The maximum atomic E-state index is 12.7. The van der Waals surface area contributed by atoms with E-state index in [9.17, 15) is 13.2 Å². The third-order valence-corrected chi connectivity index (χ3v) is 7.33.